The van der Waals surface area contributed by atoms with E-state index in [9.17, 15) is 19.8 Å². The zero-order valence-electron chi connectivity index (χ0n) is 10.6. The lowest BCUT2D eigenvalue weighted by molar-refractivity contribution is 0.0872. The number of amides is 1. The lowest BCUT2D eigenvalue weighted by atomic mass is 9.85. The molecule has 1 aromatic heterocycles. The molecule has 0 aromatic carbocycles. The Labute approximate surface area is 110 Å². The molecule has 1 aromatic rings. The van der Waals surface area contributed by atoms with Crippen molar-refractivity contribution in [3.05, 3.63) is 28.0 Å². The van der Waals surface area contributed by atoms with Gasteiger partial charge in [-0.1, -0.05) is 12.8 Å². The lowest BCUT2D eigenvalue weighted by Crippen LogP contribution is -2.43. The number of aromatic amines is 1. The van der Waals surface area contributed by atoms with Crippen LogP contribution in [0.2, 0.25) is 0 Å². The average Bonchev–Trinajstić information content (AvgIpc) is 2.38. The number of hydrogen-bond acceptors (Lipinski definition) is 4. The second kappa shape index (κ2) is 5.88. The van der Waals surface area contributed by atoms with Crippen LogP contribution in [0.3, 0.4) is 0 Å². The number of aromatic hydroxyl groups is 1. The van der Waals surface area contributed by atoms with E-state index < -0.39 is 11.5 Å². The topological polar surface area (TPSA) is 102 Å². The molecule has 2 rings (SSSR count). The second-order valence-corrected chi connectivity index (χ2v) is 4.93. The predicted molar refractivity (Wildman–Crippen MR) is 69.0 cm³/mol. The largest absolute Gasteiger partial charge is 0.494 e. The first-order valence-corrected chi connectivity index (χ1v) is 6.45. The van der Waals surface area contributed by atoms with E-state index >= 15 is 0 Å². The molecule has 4 N–H and O–H groups in total. The van der Waals surface area contributed by atoms with Gasteiger partial charge in [0.05, 0.1) is 5.56 Å². The fourth-order valence-corrected chi connectivity index (χ4v) is 2.53. The molecule has 1 heterocycles. The molecule has 1 amide bonds. The number of nitrogens with one attached hydrogen (secondary N) is 2. The van der Waals surface area contributed by atoms with Gasteiger partial charge in [0.1, 0.15) is 0 Å². The summed E-state index contributed by atoms with van der Waals surface area (Å²) in [5, 5.41) is 21.4. The highest BCUT2D eigenvalue weighted by Gasteiger charge is 2.26. The number of carbonyl (C=O) groups is 1. The van der Waals surface area contributed by atoms with Crippen molar-refractivity contribution in [3.63, 3.8) is 0 Å². The zero-order valence-corrected chi connectivity index (χ0v) is 10.6. The number of aliphatic hydroxyl groups excluding tert-OH is 1. The molecule has 19 heavy (non-hydrogen) atoms. The highest BCUT2D eigenvalue weighted by atomic mass is 16.3. The molecule has 6 nitrogen and oxygen atoms in total. The van der Waals surface area contributed by atoms with Gasteiger partial charge in [-0.3, -0.25) is 14.6 Å². The maximum absolute atomic E-state index is 12.0. The quantitative estimate of drug-likeness (QED) is 0.634. The number of hydrogen-bond donors (Lipinski definition) is 4. The van der Waals surface area contributed by atoms with Gasteiger partial charge in [0.2, 0.25) is 0 Å². The Kier molecular flexibility index (Phi) is 4.21. The SMILES string of the molecule is O=C(NC1CCCCC1CO)c1cc(O)[nH]c(=O)c1. The number of pyridine rings is 1. The van der Waals surface area contributed by atoms with E-state index in [-0.39, 0.29) is 30.0 Å². The number of carbonyl (C=O) groups excluding carboxylic acids is 1. The molecule has 2 unspecified atom stereocenters. The van der Waals surface area contributed by atoms with Crippen LogP contribution in [0.25, 0.3) is 0 Å². The van der Waals surface area contributed by atoms with Gasteiger partial charge in [-0.25, -0.2) is 0 Å². The van der Waals surface area contributed by atoms with Gasteiger partial charge in [-0.15, -0.1) is 0 Å². The first-order valence-electron chi connectivity index (χ1n) is 6.45. The van der Waals surface area contributed by atoms with E-state index in [1.807, 2.05) is 0 Å². The van der Waals surface area contributed by atoms with Crippen LogP contribution in [0.4, 0.5) is 0 Å². The van der Waals surface area contributed by atoms with Crippen LogP contribution in [-0.2, 0) is 0 Å². The standard InChI is InChI=1S/C13H18N2O4/c16-7-8-3-1-2-4-10(8)14-13(19)9-5-11(17)15-12(18)6-9/h5-6,8,10,16H,1-4,7H2,(H,14,19)(H2,15,17,18). The van der Waals surface area contributed by atoms with Crippen LogP contribution in [0, 0.1) is 5.92 Å². The van der Waals surface area contributed by atoms with Crippen molar-refractivity contribution in [3.8, 4) is 5.88 Å². The van der Waals surface area contributed by atoms with Crippen molar-refractivity contribution in [1.82, 2.24) is 10.3 Å². The van der Waals surface area contributed by atoms with Crippen molar-refractivity contribution in [2.24, 2.45) is 5.92 Å². The van der Waals surface area contributed by atoms with Gasteiger partial charge < -0.3 is 15.5 Å². The van der Waals surface area contributed by atoms with E-state index in [1.165, 1.54) is 6.07 Å². The molecule has 1 aliphatic carbocycles. The molecule has 1 fully saturated rings. The number of aromatic nitrogens is 1. The Bertz CT molecular complexity index is 512. The molecule has 6 heteroatoms. The van der Waals surface area contributed by atoms with Gasteiger partial charge in [-0.05, 0) is 12.8 Å². The summed E-state index contributed by atoms with van der Waals surface area (Å²) in [5.74, 6) is -0.667. The van der Waals surface area contributed by atoms with Crippen molar-refractivity contribution < 1.29 is 15.0 Å². The highest BCUT2D eigenvalue weighted by molar-refractivity contribution is 5.94. The second-order valence-electron chi connectivity index (χ2n) is 4.93. The molecule has 104 valence electrons. The molecule has 0 bridgehead atoms. The maximum atomic E-state index is 12.0. The monoisotopic (exact) mass is 266 g/mol. The number of rotatable bonds is 3. The zero-order chi connectivity index (χ0) is 13.8. The van der Waals surface area contributed by atoms with Gasteiger partial charge >= 0.3 is 0 Å². The van der Waals surface area contributed by atoms with E-state index in [0.29, 0.717) is 0 Å². The Morgan fingerprint density at radius 3 is 2.79 bits per heavy atom. The predicted octanol–water partition coefficient (Wildman–Crippen LogP) is 0.361. The molecule has 0 spiro atoms. The Morgan fingerprint density at radius 2 is 2.11 bits per heavy atom. The summed E-state index contributed by atoms with van der Waals surface area (Å²) in [4.78, 5) is 25.4. The van der Waals surface area contributed by atoms with E-state index in [0.717, 1.165) is 31.7 Å². The third-order valence-corrected chi connectivity index (χ3v) is 3.55. The third-order valence-electron chi connectivity index (χ3n) is 3.55. The van der Waals surface area contributed by atoms with Gasteiger partial charge in [0.15, 0.2) is 5.88 Å². The highest BCUT2D eigenvalue weighted by Crippen LogP contribution is 2.24. The van der Waals surface area contributed by atoms with Crippen LogP contribution in [0.15, 0.2) is 16.9 Å². The third kappa shape index (κ3) is 3.35. The molecule has 1 aliphatic rings. The van der Waals surface area contributed by atoms with Crippen molar-refractivity contribution >= 4 is 5.91 Å². The Hall–Kier alpha value is -1.82. The average molecular weight is 266 g/mol. The van der Waals surface area contributed by atoms with Gasteiger partial charge in [0, 0.05) is 30.7 Å². The minimum absolute atomic E-state index is 0.0472. The minimum Gasteiger partial charge on any atom is -0.494 e. The summed E-state index contributed by atoms with van der Waals surface area (Å²) >= 11 is 0. The Balaban J connectivity index is 2.09. The molecule has 0 aliphatic heterocycles. The number of H-pyrrole nitrogens is 1. The van der Waals surface area contributed by atoms with Crippen molar-refractivity contribution in [2.75, 3.05) is 6.61 Å². The molecule has 0 saturated heterocycles. The van der Waals surface area contributed by atoms with Crippen molar-refractivity contribution in [1.29, 1.82) is 0 Å². The number of aliphatic hydroxyl groups is 1. The maximum Gasteiger partial charge on any atom is 0.251 e. The summed E-state index contributed by atoms with van der Waals surface area (Å²) in [6, 6.07) is 2.28. The van der Waals surface area contributed by atoms with Crippen LogP contribution < -0.4 is 10.9 Å². The van der Waals surface area contributed by atoms with E-state index in [1.54, 1.807) is 0 Å². The van der Waals surface area contributed by atoms with Gasteiger partial charge in [0.25, 0.3) is 11.5 Å². The fraction of sp³-hybridized carbons (Fsp3) is 0.538. The molecular weight excluding hydrogens is 248 g/mol. The van der Waals surface area contributed by atoms with Crippen molar-refractivity contribution in [2.45, 2.75) is 31.7 Å². The fourth-order valence-electron chi connectivity index (χ4n) is 2.53. The lowest BCUT2D eigenvalue weighted by Gasteiger charge is -2.30. The smallest absolute Gasteiger partial charge is 0.251 e. The molecule has 2 atom stereocenters. The van der Waals surface area contributed by atoms with Crippen LogP contribution >= 0.6 is 0 Å². The summed E-state index contributed by atoms with van der Waals surface area (Å²) in [5.41, 5.74) is -0.393. The van der Waals surface area contributed by atoms with Gasteiger partial charge in [-0.2, -0.15) is 0 Å². The summed E-state index contributed by atoms with van der Waals surface area (Å²) in [7, 11) is 0. The minimum atomic E-state index is -0.521. The normalized spacial score (nSPS) is 23.0. The Morgan fingerprint density at radius 1 is 1.37 bits per heavy atom. The first kappa shape index (κ1) is 13.6. The van der Waals surface area contributed by atoms with Crippen LogP contribution in [0.1, 0.15) is 36.0 Å². The first-order chi connectivity index (χ1) is 9.10. The molecular formula is C13H18N2O4. The van der Waals surface area contributed by atoms with E-state index in [4.69, 9.17) is 0 Å². The summed E-state index contributed by atoms with van der Waals surface area (Å²) in [6.07, 6.45) is 3.79. The van der Waals surface area contributed by atoms with Crippen LogP contribution in [0.5, 0.6) is 5.88 Å². The molecule has 1 saturated carbocycles. The summed E-state index contributed by atoms with van der Waals surface area (Å²) in [6.45, 7) is 0.0472. The van der Waals surface area contributed by atoms with E-state index in [2.05, 4.69) is 10.3 Å². The summed E-state index contributed by atoms with van der Waals surface area (Å²) < 4.78 is 0. The molecule has 0 radical (unpaired) electrons. The van der Waals surface area contributed by atoms with Crippen LogP contribution in [-0.4, -0.2) is 33.8 Å².